The van der Waals surface area contributed by atoms with Crippen molar-refractivity contribution in [2.24, 2.45) is 11.8 Å². The SMILES string of the molecule is CCCCCCCCCCCCCCCCCCCC(=O)NCC1CCC(C(=O)NC(CO)CCC(=O)NCCOCCOCC=O)CC1. The van der Waals surface area contributed by atoms with Crippen LogP contribution in [0, 0.1) is 11.8 Å². The van der Waals surface area contributed by atoms with Gasteiger partial charge in [0.05, 0.1) is 32.5 Å². The number of nitrogens with one attached hydrogen (secondary N) is 3. The van der Waals surface area contributed by atoms with E-state index in [0.29, 0.717) is 58.0 Å². The molecule has 0 heterocycles. The van der Waals surface area contributed by atoms with Crippen LogP contribution in [0.3, 0.4) is 0 Å². The van der Waals surface area contributed by atoms with E-state index in [1.807, 2.05) is 0 Å². The summed E-state index contributed by atoms with van der Waals surface area (Å²) >= 11 is 0. The first-order valence-corrected chi connectivity index (χ1v) is 20.0. The first-order valence-electron chi connectivity index (χ1n) is 20.0. The summed E-state index contributed by atoms with van der Waals surface area (Å²) in [5, 5.41) is 18.5. The van der Waals surface area contributed by atoms with E-state index < -0.39 is 6.04 Å². The molecule has 3 amide bonds. The third kappa shape index (κ3) is 27.4. The van der Waals surface area contributed by atoms with Gasteiger partial charge in [0.2, 0.25) is 17.7 Å². The van der Waals surface area contributed by atoms with E-state index in [0.717, 1.165) is 38.5 Å². The number of aldehydes is 1. The predicted molar refractivity (Wildman–Crippen MR) is 196 cm³/mol. The van der Waals surface area contributed by atoms with Gasteiger partial charge in [0.25, 0.3) is 0 Å². The average Bonchev–Trinajstić information content (AvgIpc) is 3.11. The Kier molecular flexibility index (Phi) is 30.4. The number of hydrogen-bond donors (Lipinski definition) is 4. The monoisotopic (exact) mass is 696 g/mol. The van der Waals surface area contributed by atoms with Crippen LogP contribution in [-0.2, 0) is 28.7 Å². The fourth-order valence-corrected chi connectivity index (χ4v) is 6.52. The Balaban J connectivity index is 1.98. The molecule has 1 fully saturated rings. The molecule has 10 heteroatoms. The normalized spacial score (nSPS) is 16.6. The van der Waals surface area contributed by atoms with Gasteiger partial charge in [0, 0.05) is 31.8 Å². The van der Waals surface area contributed by atoms with Crippen molar-refractivity contribution in [3.63, 3.8) is 0 Å². The molecule has 1 aliphatic rings. The zero-order valence-corrected chi connectivity index (χ0v) is 31.1. The maximum absolute atomic E-state index is 12.8. The molecule has 1 rings (SSSR count). The van der Waals surface area contributed by atoms with Gasteiger partial charge in [-0.1, -0.05) is 110 Å². The van der Waals surface area contributed by atoms with Crippen LogP contribution in [0.2, 0.25) is 0 Å². The summed E-state index contributed by atoms with van der Waals surface area (Å²) in [5.74, 6) is 0.210. The van der Waals surface area contributed by atoms with E-state index in [2.05, 4.69) is 22.9 Å². The molecule has 0 saturated heterocycles. The van der Waals surface area contributed by atoms with Gasteiger partial charge in [-0.05, 0) is 44.4 Å². The zero-order valence-electron chi connectivity index (χ0n) is 31.1. The van der Waals surface area contributed by atoms with E-state index in [1.54, 1.807) is 0 Å². The van der Waals surface area contributed by atoms with Gasteiger partial charge in [-0.15, -0.1) is 0 Å². The first kappa shape index (κ1) is 45.0. The number of amides is 3. The Bertz CT molecular complexity index is 820. The highest BCUT2D eigenvalue weighted by atomic mass is 16.5. The Labute approximate surface area is 298 Å². The molecule has 4 N–H and O–H groups in total. The van der Waals surface area contributed by atoms with Crippen LogP contribution in [0.4, 0.5) is 0 Å². The topological polar surface area (TPSA) is 143 Å². The fourth-order valence-electron chi connectivity index (χ4n) is 6.52. The van der Waals surface area contributed by atoms with Crippen molar-refractivity contribution in [1.82, 2.24) is 16.0 Å². The number of aliphatic hydroxyl groups excluding tert-OH is 1. The van der Waals surface area contributed by atoms with Crippen molar-refractivity contribution >= 4 is 24.0 Å². The summed E-state index contributed by atoms with van der Waals surface area (Å²) in [7, 11) is 0. The van der Waals surface area contributed by atoms with Crippen LogP contribution in [0.15, 0.2) is 0 Å². The molecule has 49 heavy (non-hydrogen) atoms. The molecule has 10 nitrogen and oxygen atoms in total. The maximum atomic E-state index is 12.8. The second kappa shape index (κ2) is 33.1. The van der Waals surface area contributed by atoms with E-state index in [9.17, 15) is 24.3 Å². The van der Waals surface area contributed by atoms with Crippen LogP contribution in [0.25, 0.3) is 0 Å². The molecule has 0 aliphatic heterocycles. The van der Waals surface area contributed by atoms with Crippen LogP contribution in [0.5, 0.6) is 0 Å². The van der Waals surface area contributed by atoms with Gasteiger partial charge >= 0.3 is 0 Å². The molecule has 0 aromatic carbocycles. The third-order valence-electron chi connectivity index (χ3n) is 9.73. The quantitative estimate of drug-likeness (QED) is 0.0441. The highest BCUT2D eigenvalue weighted by Crippen LogP contribution is 2.28. The molecule has 1 unspecified atom stereocenters. The number of unbranched alkanes of at least 4 members (excludes halogenated alkanes) is 16. The highest BCUT2D eigenvalue weighted by Gasteiger charge is 2.27. The lowest BCUT2D eigenvalue weighted by Gasteiger charge is -2.29. The van der Waals surface area contributed by atoms with E-state index >= 15 is 0 Å². The van der Waals surface area contributed by atoms with Gasteiger partial charge in [0.15, 0.2) is 0 Å². The number of carbonyl (C=O) groups is 4. The van der Waals surface area contributed by atoms with Crippen molar-refractivity contribution in [3.8, 4) is 0 Å². The summed E-state index contributed by atoms with van der Waals surface area (Å²) in [6.07, 6.45) is 27.8. The predicted octanol–water partition coefficient (Wildman–Crippen LogP) is 6.56. The van der Waals surface area contributed by atoms with Gasteiger partial charge < -0.3 is 35.3 Å². The van der Waals surface area contributed by atoms with Crippen LogP contribution >= 0.6 is 0 Å². The lowest BCUT2D eigenvalue weighted by molar-refractivity contribution is -0.128. The molecule has 1 aliphatic carbocycles. The van der Waals surface area contributed by atoms with E-state index in [1.165, 1.54) is 96.3 Å². The lowest BCUT2D eigenvalue weighted by atomic mass is 9.81. The lowest BCUT2D eigenvalue weighted by Crippen LogP contribution is -2.43. The largest absolute Gasteiger partial charge is 0.394 e. The highest BCUT2D eigenvalue weighted by molar-refractivity contribution is 5.79. The summed E-state index contributed by atoms with van der Waals surface area (Å²) in [5.41, 5.74) is 0. The van der Waals surface area contributed by atoms with Crippen molar-refractivity contribution in [3.05, 3.63) is 0 Å². The molecule has 0 aromatic heterocycles. The second-order valence-corrected chi connectivity index (χ2v) is 14.1. The molecular formula is C39H73N3O7. The summed E-state index contributed by atoms with van der Waals surface area (Å²) in [6, 6.07) is -0.462. The van der Waals surface area contributed by atoms with Crippen LogP contribution in [0.1, 0.15) is 161 Å². The van der Waals surface area contributed by atoms with E-state index in [-0.39, 0.29) is 43.3 Å². The van der Waals surface area contributed by atoms with E-state index in [4.69, 9.17) is 9.47 Å². The standard InChI is InChI=1S/C39H73N3O7/c1-2-3-4-5-6-7-8-9-10-11-12-13-14-15-16-17-18-19-37(45)41-32-34-20-22-35(23-21-34)39(47)42-36(33-44)24-25-38(46)40-26-28-48-30-31-49-29-27-43/h27,34-36,44H,2-26,28-33H2,1H3,(H,40,46)(H,41,45)(H,42,47). The average molecular weight is 696 g/mol. The van der Waals surface area contributed by atoms with Gasteiger partial charge in [0.1, 0.15) is 12.9 Å². The van der Waals surface area contributed by atoms with Crippen molar-refractivity contribution in [1.29, 1.82) is 0 Å². The van der Waals surface area contributed by atoms with Gasteiger partial charge in [-0.25, -0.2) is 0 Å². The summed E-state index contributed by atoms with van der Waals surface area (Å²) < 4.78 is 10.3. The molecule has 1 atom stereocenters. The minimum atomic E-state index is -0.462. The number of carbonyl (C=O) groups excluding carboxylic acids is 4. The fraction of sp³-hybridized carbons (Fsp3) is 0.897. The van der Waals surface area contributed by atoms with Crippen molar-refractivity contribution in [2.45, 2.75) is 167 Å². The summed E-state index contributed by atoms with van der Waals surface area (Å²) in [6.45, 7) is 4.14. The molecule has 0 bridgehead atoms. The molecular weight excluding hydrogens is 622 g/mol. The van der Waals surface area contributed by atoms with Crippen LogP contribution < -0.4 is 16.0 Å². The zero-order chi connectivity index (χ0) is 35.6. The van der Waals surface area contributed by atoms with Crippen molar-refractivity contribution < 1.29 is 33.8 Å². The molecule has 0 aromatic rings. The Morgan fingerprint density at radius 3 is 1.78 bits per heavy atom. The van der Waals surface area contributed by atoms with Gasteiger partial charge in [-0.3, -0.25) is 14.4 Å². The Morgan fingerprint density at radius 1 is 0.694 bits per heavy atom. The minimum absolute atomic E-state index is 0.0449. The number of rotatable bonds is 34. The molecule has 0 radical (unpaired) electrons. The third-order valence-corrected chi connectivity index (χ3v) is 9.73. The maximum Gasteiger partial charge on any atom is 0.223 e. The second-order valence-electron chi connectivity index (χ2n) is 14.1. The minimum Gasteiger partial charge on any atom is -0.394 e. The van der Waals surface area contributed by atoms with Gasteiger partial charge in [-0.2, -0.15) is 0 Å². The molecule has 0 spiro atoms. The van der Waals surface area contributed by atoms with Crippen molar-refractivity contribution in [2.75, 3.05) is 46.1 Å². The number of aliphatic hydroxyl groups is 1. The van der Waals surface area contributed by atoms with Crippen LogP contribution in [-0.4, -0.2) is 81.3 Å². The molecule has 286 valence electrons. The Hall–Kier alpha value is -2.04. The summed E-state index contributed by atoms with van der Waals surface area (Å²) in [4.78, 5) is 47.5. The first-order chi connectivity index (χ1) is 24.0. The number of ether oxygens (including phenoxy) is 2. The Morgan fingerprint density at radius 2 is 1.22 bits per heavy atom. The number of hydrogen-bond acceptors (Lipinski definition) is 7. The molecule has 1 saturated carbocycles. The smallest absolute Gasteiger partial charge is 0.223 e.